The molecule has 33 heavy (non-hydrogen) atoms. The summed E-state index contributed by atoms with van der Waals surface area (Å²) < 4.78 is 33.7. The van der Waals surface area contributed by atoms with E-state index in [0.717, 1.165) is 4.90 Å². The maximum absolute atomic E-state index is 13.1. The molecule has 0 atom stereocenters. The molecule has 1 fully saturated rings. The predicted molar refractivity (Wildman–Crippen MR) is 131 cm³/mol. The zero-order valence-electron chi connectivity index (χ0n) is 18.3. The maximum Gasteiger partial charge on any atom is 0.244 e. The van der Waals surface area contributed by atoms with Gasteiger partial charge in [0.05, 0.1) is 10.6 Å². The van der Waals surface area contributed by atoms with Crippen LogP contribution in [-0.2, 0) is 14.8 Å². The molecule has 0 saturated carbocycles. The average molecular weight is 483 g/mol. The van der Waals surface area contributed by atoms with E-state index in [9.17, 15) is 13.2 Å². The lowest BCUT2D eigenvalue weighted by atomic mass is 9.97. The molecule has 0 aliphatic carbocycles. The van der Waals surface area contributed by atoms with Gasteiger partial charge in [-0.25, -0.2) is 8.42 Å². The van der Waals surface area contributed by atoms with Crippen LogP contribution in [-0.4, -0.2) is 38.0 Å². The minimum absolute atomic E-state index is 0.124. The Morgan fingerprint density at radius 3 is 2.30 bits per heavy atom. The van der Waals surface area contributed by atoms with Gasteiger partial charge in [-0.3, -0.25) is 4.79 Å². The molecule has 0 aromatic heterocycles. The van der Waals surface area contributed by atoms with Crippen LogP contribution in [0.15, 0.2) is 88.7 Å². The van der Waals surface area contributed by atoms with Crippen molar-refractivity contribution in [2.75, 3.05) is 24.7 Å². The third-order valence-corrected chi connectivity index (χ3v) is 8.51. The van der Waals surface area contributed by atoms with E-state index in [1.807, 2.05) is 60.9 Å². The van der Waals surface area contributed by atoms with E-state index >= 15 is 0 Å². The van der Waals surface area contributed by atoms with Crippen molar-refractivity contribution >= 4 is 33.4 Å². The van der Waals surface area contributed by atoms with E-state index in [1.54, 1.807) is 24.3 Å². The van der Waals surface area contributed by atoms with Crippen molar-refractivity contribution in [1.82, 2.24) is 4.31 Å². The fourth-order valence-corrected chi connectivity index (χ4v) is 6.43. The average Bonchev–Trinajstić information content (AvgIpc) is 2.86. The first-order valence-corrected chi connectivity index (χ1v) is 13.4. The highest BCUT2D eigenvalue weighted by Gasteiger charge is 2.33. The second kappa shape index (κ2) is 10.4. The number of nitrogens with one attached hydrogen (secondary N) is 1. The van der Waals surface area contributed by atoms with Crippen LogP contribution in [0.3, 0.4) is 0 Å². The molecule has 0 bridgehead atoms. The molecular formula is C25H26N2O4S2. The minimum Gasteiger partial charge on any atom is -0.455 e. The van der Waals surface area contributed by atoms with E-state index in [0.29, 0.717) is 48.0 Å². The third kappa shape index (κ3) is 5.40. The van der Waals surface area contributed by atoms with Crippen LogP contribution in [0, 0.1) is 5.92 Å². The highest BCUT2D eigenvalue weighted by atomic mass is 32.2. The summed E-state index contributed by atoms with van der Waals surface area (Å²) >= 11 is 1.41. The Morgan fingerprint density at radius 2 is 1.58 bits per heavy atom. The van der Waals surface area contributed by atoms with Gasteiger partial charge in [-0.15, -0.1) is 11.8 Å². The highest BCUT2D eigenvalue weighted by Crippen LogP contribution is 2.32. The fraction of sp³-hybridized carbons (Fsp3) is 0.240. The van der Waals surface area contributed by atoms with Crippen molar-refractivity contribution < 1.29 is 17.9 Å². The summed E-state index contributed by atoms with van der Waals surface area (Å²) in [5.74, 6) is 0.853. The van der Waals surface area contributed by atoms with Crippen molar-refractivity contribution in [2.45, 2.75) is 22.6 Å². The van der Waals surface area contributed by atoms with E-state index < -0.39 is 10.0 Å². The Bertz CT molecular complexity index is 1210. The molecule has 1 amide bonds. The molecule has 1 heterocycles. The fourth-order valence-electron chi connectivity index (χ4n) is 3.84. The minimum atomic E-state index is -3.59. The number of carbonyl (C=O) groups excluding carboxylic acids is 1. The van der Waals surface area contributed by atoms with Gasteiger partial charge in [0.1, 0.15) is 5.75 Å². The van der Waals surface area contributed by atoms with Gasteiger partial charge in [-0.2, -0.15) is 4.31 Å². The van der Waals surface area contributed by atoms with Gasteiger partial charge in [0, 0.05) is 23.9 Å². The summed E-state index contributed by atoms with van der Waals surface area (Å²) in [6.07, 6.45) is 2.80. The summed E-state index contributed by atoms with van der Waals surface area (Å²) in [6, 6.07) is 23.7. The number of rotatable bonds is 7. The number of para-hydroxylation sites is 3. The number of hydrogen-bond acceptors (Lipinski definition) is 5. The van der Waals surface area contributed by atoms with Crippen molar-refractivity contribution in [3.8, 4) is 11.5 Å². The Balaban J connectivity index is 1.41. The molecule has 1 saturated heterocycles. The Hall–Kier alpha value is -2.81. The van der Waals surface area contributed by atoms with Gasteiger partial charge in [0.2, 0.25) is 15.9 Å². The van der Waals surface area contributed by atoms with Crippen molar-refractivity contribution in [3.63, 3.8) is 0 Å². The second-order valence-electron chi connectivity index (χ2n) is 7.73. The first kappa shape index (κ1) is 23.4. The van der Waals surface area contributed by atoms with Gasteiger partial charge in [-0.05, 0) is 55.5 Å². The summed E-state index contributed by atoms with van der Waals surface area (Å²) in [4.78, 5) is 14.0. The van der Waals surface area contributed by atoms with Gasteiger partial charge in [-0.1, -0.05) is 42.5 Å². The maximum atomic E-state index is 13.1. The molecule has 0 unspecified atom stereocenters. The Labute approximate surface area is 199 Å². The van der Waals surface area contributed by atoms with Crippen LogP contribution < -0.4 is 10.1 Å². The molecular weight excluding hydrogens is 456 g/mol. The Morgan fingerprint density at radius 1 is 0.939 bits per heavy atom. The van der Waals surface area contributed by atoms with E-state index in [4.69, 9.17) is 4.74 Å². The summed E-state index contributed by atoms with van der Waals surface area (Å²) in [5, 5.41) is 2.97. The zero-order valence-corrected chi connectivity index (χ0v) is 19.9. The number of thioether (sulfide) groups is 1. The zero-order chi connectivity index (χ0) is 23.3. The first-order chi connectivity index (χ1) is 16.0. The lowest BCUT2D eigenvalue weighted by Gasteiger charge is -2.31. The molecule has 4 rings (SSSR count). The van der Waals surface area contributed by atoms with Gasteiger partial charge < -0.3 is 10.1 Å². The van der Waals surface area contributed by atoms with Crippen LogP contribution >= 0.6 is 11.8 Å². The molecule has 8 heteroatoms. The molecule has 0 radical (unpaired) electrons. The number of benzene rings is 3. The van der Waals surface area contributed by atoms with Crippen molar-refractivity contribution in [3.05, 3.63) is 78.9 Å². The monoisotopic (exact) mass is 482 g/mol. The second-order valence-corrected chi connectivity index (χ2v) is 10.5. The van der Waals surface area contributed by atoms with Crippen LogP contribution in [0.25, 0.3) is 0 Å². The largest absolute Gasteiger partial charge is 0.455 e. The standard InChI is InChI=1S/C25H26N2O4S2/c1-32-23-13-7-8-14-24(23)33(29,30)27-17-15-19(16-18-27)25(28)26-21-11-5-6-12-22(21)31-20-9-3-2-4-10-20/h2-14,19H,15-18H2,1H3,(H,26,28). The molecule has 1 aliphatic rings. The molecule has 6 nitrogen and oxygen atoms in total. The topological polar surface area (TPSA) is 75.7 Å². The van der Waals surface area contributed by atoms with Crippen LogP contribution in [0.2, 0.25) is 0 Å². The SMILES string of the molecule is CSc1ccccc1S(=O)(=O)N1CCC(C(=O)Nc2ccccc2Oc2ccccc2)CC1. The molecule has 3 aromatic rings. The lowest BCUT2D eigenvalue weighted by Crippen LogP contribution is -2.41. The number of piperidine rings is 1. The lowest BCUT2D eigenvalue weighted by molar-refractivity contribution is -0.120. The third-order valence-electron chi connectivity index (χ3n) is 5.63. The van der Waals surface area contributed by atoms with E-state index in [1.165, 1.54) is 16.1 Å². The molecule has 172 valence electrons. The summed E-state index contributed by atoms with van der Waals surface area (Å²) in [6.45, 7) is 0.622. The predicted octanol–water partition coefficient (Wildman–Crippen LogP) is 5.24. The van der Waals surface area contributed by atoms with Gasteiger partial charge in [0.25, 0.3) is 0 Å². The van der Waals surface area contributed by atoms with E-state index in [2.05, 4.69) is 5.32 Å². The number of hydrogen-bond donors (Lipinski definition) is 1. The van der Waals surface area contributed by atoms with Crippen LogP contribution in [0.4, 0.5) is 5.69 Å². The van der Waals surface area contributed by atoms with Crippen LogP contribution in [0.1, 0.15) is 12.8 Å². The van der Waals surface area contributed by atoms with Crippen molar-refractivity contribution in [1.29, 1.82) is 0 Å². The van der Waals surface area contributed by atoms with Crippen LogP contribution in [0.5, 0.6) is 11.5 Å². The van der Waals surface area contributed by atoms with Gasteiger partial charge in [0.15, 0.2) is 5.75 Å². The van der Waals surface area contributed by atoms with E-state index in [-0.39, 0.29) is 11.8 Å². The smallest absolute Gasteiger partial charge is 0.244 e. The summed E-state index contributed by atoms with van der Waals surface area (Å²) in [7, 11) is -3.59. The number of nitrogens with zero attached hydrogens (tertiary/aromatic N) is 1. The number of ether oxygens (including phenoxy) is 1. The molecule has 1 aliphatic heterocycles. The van der Waals surface area contributed by atoms with Gasteiger partial charge >= 0.3 is 0 Å². The quantitative estimate of drug-likeness (QED) is 0.466. The molecule has 0 spiro atoms. The Kier molecular flexibility index (Phi) is 7.37. The molecule has 3 aromatic carbocycles. The number of sulfonamides is 1. The highest BCUT2D eigenvalue weighted by molar-refractivity contribution is 7.99. The molecule has 1 N–H and O–H groups in total. The summed E-state index contributed by atoms with van der Waals surface area (Å²) in [5.41, 5.74) is 0.593. The number of anilines is 1. The normalized spacial score (nSPS) is 15.2. The number of amides is 1. The first-order valence-electron chi connectivity index (χ1n) is 10.7. The van der Waals surface area contributed by atoms with Crippen molar-refractivity contribution in [2.24, 2.45) is 5.92 Å². The number of carbonyl (C=O) groups is 1.